The number of aromatic nitrogens is 1. The molecule has 1 amide bonds. The van der Waals surface area contributed by atoms with Gasteiger partial charge >= 0.3 is 5.97 Å². The zero-order valence-corrected chi connectivity index (χ0v) is 17.3. The Bertz CT molecular complexity index is 1070. The molecule has 0 fully saturated rings. The SMILES string of the molecule is CC(=O)c1cc(C(=O)OCC(=O)N(Cc2ccccc2)c2cccc(C)c2)n(C)c1. The van der Waals surface area contributed by atoms with Gasteiger partial charge in [-0.25, -0.2) is 4.79 Å². The second-order valence-electron chi connectivity index (χ2n) is 7.16. The molecule has 0 aliphatic rings. The molecule has 0 saturated heterocycles. The number of amides is 1. The topological polar surface area (TPSA) is 68.6 Å². The summed E-state index contributed by atoms with van der Waals surface area (Å²) in [6.45, 7) is 3.34. The lowest BCUT2D eigenvalue weighted by Gasteiger charge is -2.23. The molecule has 2 aromatic carbocycles. The first-order valence-electron chi connectivity index (χ1n) is 9.60. The highest BCUT2D eigenvalue weighted by Crippen LogP contribution is 2.19. The van der Waals surface area contributed by atoms with Crippen LogP contribution in [0.25, 0.3) is 0 Å². The van der Waals surface area contributed by atoms with Gasteiger partial charge in [-0.15, -0.1) is 0 Å². The highest BCUT2D eigenvalue weighted by molar-refractivity contribution is 5.99. The Morgan fingerprint density at radius 2 is 1.73 bits per heavy atom. The number of anilines is 1. The van der Waals surface area contributed by atoms with E-state index >= 15 is 0 Å². The third kappa shape index (κ3) is 5.03. The van der Waals surface area contributed by atoms with Gasteiger partial charge in [-0.05, 0) is 43.2 Å². The molecule has 0 radical (unpaired) electrons. The molecule has 1 aromatic heterocycles. The first kappa shape index (κ1) is 21.0. The Balaban J connectivity index is 1.76. The molecule has 0 spiro atoms. The summed E-state index contributed by atoms with van der Waals surface area (Å²) in [5.41, 5.74) is 3.36. The van der Waals surface area contributed by atoms with Gasteiger partial charge in [0.15, 0.2) is 12.4 Å². The van der Waals surface area contributed by atoms with Gasteiger partial charge in [0.25, 0.3) is 5.91 Å². The maximum absolute atomic E-state index is 13.0. The molecule has 6 nitrogen and oxygen atoms in total. The van der Waals surface area contributed by atoms with Gasteiger partial charge in [-0.3, -0.25) is 9.59 Å². The summed E-state index contributed by atoms with van der Waals surface area (Å²) in [5, 5.41) is 0. The lowest BCUT2D eigenvalue weighted by atomic mass is 10.1. The number of Topliss-reactive ketones (excluding diaryl/α,β-unsaturated/α-hetero) is 1. The normalized spacial score (nSPS) is 10.5. The summed E-state index contributed by atoms with van der Waals surface area (Å²) in [4.78, 5) is 38.6. The smallest absolute Gasteiger partial charge is 0.355 e. The Morgan fingerprint density at radius 1 is 1.00 bits per heavy atom. The van der Waals surface area contributed by atoms with E-state index in [0.717, 1.165) is 16.8 Å². The zero-order chi connectivity index (χ0) is 21.7. The van der Waals surface area contributed by atoms with E-state index in [1.54, 1.807) is 18.1 Å². The van der Waals surface area contributed by atoms with Crippen LogP contribution in [-0.4, -0.2) is 28.8 Å². The van der Waals surface area contributed by atoms with Gasteiger partial charge in [0.1, 0.15) is 5.69 Å². The van der Waals surface area contributed by atoms with Crippen LogP contribution < -0.4 is 4.90 Å². The first-order valence-corrected chi connectivity index (χ1v) is 9.60. The van der Waals surface area contributed by atoms with Crippen molar-refractivity contribution < 1.29 is 19.1 Å². The number of carbonyl (C=O) groups is 3. The number of hydrogen-bond donors (Lipinski definition) is 0. The Labute approximate surface area is 175 Å². The molecule has 30 heavy (non-hydrogen) atoms. The van der Waals surface area contributed by atoms with Crippen LogP contribution in [0.4, 0.5) is 5.69 Å². The van der Waals surface area contributed by atoms with Crippen molar-refractivity contribution in [3.8, 4) is 0 Å². The largest absolute Gasteiger partial charge is 0.451 e. The predicted octanol–water partition coefficient (Wildman–Crippen LogP) is 3.93. The highest BCUT2D eigenvalue weighted by Gasteiger charge is 2.21. The number of esters is 1. The predicted molar refractivity (Wildman–Crippen MR) is 115 cm³/mol. The third-order valence-electron chi connectivity index (χ3n) is 4.75. The second kappa shape index (κ2) is 9.22. The number of ether oxygens (including phenoxy) is 1. The van der Waals surface area contributed by atoms with E-state index in [1.807, 2.05) is 61.5 Å². The van der Waals surface area contributed by atoms with Crippen molar-refractivity contribution in [1.29, 1.82) is 0 Å². The van der Waals surface area contributed by atoms with E-state index in [2.05, 4.69) is 0 Å². The van der Waals surface area contributed by atoms with E-state index in [9.17, 15) is 14.4 Å². The van der Waals surface area contributed by atoms with E-state index in [0.29, 0.717) is 12.1 Å². The number of aryl methyl sites for hydroxylation is 2. The van der Waals surface area contributed by atoms with Crippen molar-refractivity contribution in [3.63, 3.8) is 0 Å². The summed E-state index contributed by atoms with van der Waals surface area (Å²) < 4.78 is 6.79. The fraction of sp³-hybridized carbons (Fsp3) is 0.208. The number of ketones is 1. The molecule has 0 aliphatic carbocycles. The Morgan fingerprint density at radius 3 is 2.37 bits per heavy atom. The molecule has 0 saturated carbocycles. The fourth-order valence-electron chi connectivity index (χ4n) is 3.12. The van der Waals surface area contributed by atoms with Crippen molar-refractivity contribution in [3.05, 3.63) is 89.2 Å². The van der Waals surface area contributed by atoms with E-state index in [4.69, 9.17) is 4.74 Å². The lowest BCUT2D eigenvalue weighted by Crippen LogP contribution is -2.34. The number of hydrogen-bond acceptors (Lipinski definition) is 4. The quantitative estimate of drug-likeness (QED) is 0.442. The third-order valence-corrected chi connectivity index (χ3v) is 4.75. The van der Waals surface area contributed by atoms with Crippen LogP contribution in [0.15, 0.2) is 66.9 Å². The van der Waals surface area contributed by atoms with Crippen LogP contribution in [0, 0.1) is 6.92 Å². The maximum atomic E-state index is 13.0. The van der Waals surface area contributed by atoms with Gasteiger partial charge in [-0.1, -0.05) is 42.5 Å². The standard InChI is InChI=1S/C24H24N2O4/c1-17-8-7-11-21(12-17)26(14-19-9-5-4-6-10-19)23(28)16-30-24(29)22-13-20(18(2)27)15-25(22)3/h4-13,15H,14,16H2,1-3H3. The van der Waals surface area contributed by atoms with Crippen LogP contribution in [0.2, 0.25) is 0 Å². The summed E-state index contributed by atoms with van der Waals surface area (Å²) in [6, 6.07) is 18.7. The Hall–Kier alpha value is -3.67. The molecular weight excluding hydrogens is 380 g/mol. The minimum absolute atomic E-state index is 0.144. The number of carbonyl (C=O) groups excluding carboxylic acids is 3. The van der Waals surface area contributed by atoms with Crippen molar-refractivity contribution in [2.24, 2.45) is 7.05 Å². The highest BCUT2D eigenvalue weighted by atomic mass is 16.5. The molecule has 0 aliphatic heterocycles. The first-order chi connectivity index (χ1) is 14.3. The molecule has 3 aromatic rings. The van der Waals surface area contributed by atoms with Gasteiger partial charge in [0, 0.05) is 24.5 Å². The molecule has 1 heterocycles. The van der Waals surface area contributed by atoms with Crippen molar-refractivity contribution in [1.82, 2.24) is 4.57 Å². The lowest BCUT2D eigenvalue weighted by molar-refractivity contribution is -0.121. The second-order valence-corrected chi connectivity index (χ2v) is 7.16. The molecule has 154 valence electrons. The van der Waals surface area contributed by atoms with E-state index in [-0.39, 0.29) is 17.4 Å². The zero-order valence-electron chi connectivity index (χ0n) is 17.3. The molecule has 0 atom stereocenters. The summed E-state index contributed by atoms with van der Waals surface area (Å²) in [6.07, 6.45) is 1.56. The van der Waals surface area contributed by atoms with Crippen LogP contribution in [0.5, 0.6) is 0 Å². The molecule has 0 bridgehead atoms. The molecule has 0 unspecified atom stereocenters. The average Bonchev–Trinajstić information content (AvgIpc) is 3.13. The van der Waals surface area contributed by atoms with Crippen molar-refractivity contribution in [2.75, 3.05) is 11.5 Å². The minimum atomic E-state index is -0.651. The molecular formula is C24H24N2O4. The van der Waals surface area contributed by atoms with Crippen molar-refractivity contribution >= 4 is 23.3 Å². The molecule has 0 N–H and O–H groups in total. The van der Waals surface area contributed by atoms with Crippen LogP contribution >= 0.6 is 0 Å². The van der Waals surface area contributed by atoms with Gasteiger partial charge in [-0.2, -0.15) is 0 Å². The van der Waals surface area contributed by atoms with Gasteiger partial charge in [0.2, 0.25) is 0 Å². The number of rotatable bonds is 7. The van der Waals surface area contributed by atoms with Crippen molar-refractivity contribution in [2.45, 2.75) is 20.4 Å². The average molecular weight is 404 g/mol. The van der Waals surface area contributed by atoms with E-state index < -0.39 is 12.6 Å². The van der Waals surface area contributed by atoms with Crippen LogP contribution in [0.3, 0.4) is 0 Å². The van der Waals surface area contributed by atoms with Crippen LogP contribution in [-0.2, 0) is 23.1 Å². The monoisotopic (exact) mass is 404 g/mol. The number of benzene rings is 2. The van der Waals surface area contributed by atoms with Gasteiger partial charge in [0.05, 0.1) is 6.54 Å². The van der Waals surface area contributed by atoms with E-state index in [1.165, 1.54) is 17.6 Å². The Kier molecular flexibility index (Phi) is 6.47. The maximum Gasteiger partial charge on any atom is 0.355 e. The summed E-state index contributed by atoms with van der Waals surface area (Å²) in [5.74, 6) is -1.13. The van der Waals surface area contributed by atoms with Gasteiger partial charge < -0.3 is 14.2 Å². The molecule has 3 rings (SSSR count). The summed E-state index contributed by atoms with van der Waals surface area (Å²) in [7, 11) is 1.65. The van der Waals surface area contributed by atoms with Crippen LogP contribution in [0.1, 0.15) is 38.9 Å². The summed E-state index contributed by atoms with van der Waals surface area (Å²) >= 11 is 0. The molecule has 6 heteroatoms. The minimum Gasteiger partial charge on any atom is -0.451 e. The number of nitrogens with zero attached hydrogens (tertiary/aromatic N) is 2. The fourth-order valence-corrected chi connectivity index (χ4v) is 3.12.